The summed E-state index contributed by atoms with van der Waals surface area (Å²) in [4.78, 5) is 34.3. The number of nitrogens with zero attached hydrogens (tertiary/aromatic N) is 1. The Morgan fingerprint density at radius 1 is 1.23 bits per heavy atom. The van der Waals surface area contributed by atoms with E-state index < -0.39 is 5.92 Å². The summed E-state index contributed by atoms with van der Waals surface area (Å²) in [5, 5.41) is 4.02. The number of unbranched alkanes of at least 4 members (excludes halogenated alkanes) is 2. The van der Waals surface area contributed by atoms with Gasteiger partial charge in [-0.15, -0.1) is 0 Å². The van der Waals surface area contributed by atoms with Crippen LogP contribution in [0.1, 0.15) is 69.9 Å². The quantitative estimate of drug-likeness (QED) is 0.287. The van der Waals surface area contributed by atoms with E-state index in [1.54, 1.807) is 11.8 Å². The number of benzene rings is 1. The molecule has 4 rings (SSSR count). The lowest BCUT2D eigenvalue weighted by Crippen LogP contribution is -2.37. The predicted octanol–water partition coefficient (Wildman–Crippen LogP) is 6.02. The van der Waals surface area contributed by atoms with Gasteiger partial charge >= 0.3 is 0 Å². The summed E-state index contributed by atoms with van der Waals surface area (Å²) in [6.45, 7) is 6.40. The molecule has 0 bridgehead atoms. The predicted molar refractivity (Wildman–Crippen MR) is 130 cm³/mol. The summed E-state index contributed by atoms with van der Waals surface area (Å²) in [6, 6.07) is 7.86. The van der Waals surface area contributed by atoms with Crippen molar-refractivity contribution in [3.8, 4) is 0 Å². The zero-order chi connectivity index (χ0) is 22.2. The summed E-state index contributed by atoms with van der Waals surface area (Å²) < 4.78 is 0.920. The van der Waals surface area contributed by atoms with E-state index in [0.717, 1.165) is 40.7 Å². The van der Waals surface area contributed by atoms with Crippen molar-refractivity contribution in [1.82, 2.24) is 9.97 Å². The summed E-state index contributed by atoms with van der Waals surface area (Å²) in [5.41, 5.74) is 2.77. The average molecular weight is 502 g/mol. The highest BCUT2D eigenvalue weighted by Gasteiger charge is 2.42. The molecule has 2 aromatic rings. The molecule has 0 saturated heterocycles. The monoisotopic (exact) mass is 501 g/mol. The van der Waals surface area contributed by atoms with Crippen molar-refractivity contribution < 1.29 is 4.79 Å². The van der Waals surface area contributed by atoms with Crippen molar-refractivity contribution >= 4 is 39.3 Å². The van der Waals surface area contributed by atoms with Gasteiger partial charge in [-0.05, 0) is 36.0 Å². The molecule has 1 atom stereocenters. The first-order chi connectivity index (χ1) is 14.8. The van der Waals surface area contributed by atoms with Gasteiger partial charge in [0.15, 0.2) is 10.9 Å². The smallest absolute Gasteiger partial charge is 0.257 e. The highest BCUT2D eigenvalue weighted by Crippen LogP contribution is 2.47. The molecule has 2 N–H and O–H groups in total. The molecular weight excluding hydrogens is 474 g/mol. The molecule has 0 radical (unpaired) electrons. The minimum absolute atomic E-state index is 0.104. The summed E-state index contributed by atoms with van der Waals surface area (Å²) in [5.74, 6) is 1.19. The minimum atomic E-state index is -0.414. The van der Waals surface area contributed by atoms with Gasteiger partial charge in [-0.25, -0.2) is 4.98 Å². The van der Waals surface area contributed by atoms with Crippen molar-refractivity contribution in [2.75, 3.05) is 11.1 Å². The number of anilines is 1. The van der Waals surface area contributed by atoms with Gasteiger partial charge in [-0.3, -0.25) is 9.59 Å². The van der Waals surface area contributed by atoms with Crippen molar-refractivity contribution in [3.05, 3.63) is 61.5 Å². The molecule has 2 heterocycles. The fraction of sp³-hybridized carbons (Fsp3) is 0.458. The number of rotatable bonds is 6. The lowest BCUT2D eigenvalue weighted by molar-refractivity contribution is -0.118. The number of thioether (sulfide) groups is 1. The van der Waals surface area contributed by atoms with E-state index in [1.165, 1.54) is 6.42 Å². The van der Waals surface area contributed by atoms with Gasteiger partial charge in [0.25, 0.3) is 5.56 Å². The van der Waals surface area contributed by atoms with Crippen LogP contribution in [0.2, 0.25) is 0 Å². The second-order valence-electron chi connectivity index (χ2n) is 9.14. The number of aromatic nitrogens is 2. The van der Waals surface area contributed by atoms with E-state index in [1.807, 2.05) is 24.3 Å². The fourth-order valence-corrected chi connectivity index (χ4v) is 5.78. The molecule has 1 aromatic heterocycles. The number of carbonyl (C=O) groups excluding carboxylic acids is 1. The van der Waals surface area contributed by atoms with E-state index >= 15 is 0 Å². The SMILES string of the molecule is CCCCCSc1nc2c(c(=O)[nH]1)C(c1cccc(Br)c1)C1=C(CC(C)(C)CC1=O)N2. The van der Waals surface area contributed by atoms with Gasteiger partial charge in [0.2, 0.25) is 0 Å². The average Bonchev–Trinajstić information content (AvgIpc) is 2.68. The van der Waals surface area contributed by atoms with Crippen molar-refractivity contribution in [2.45, 2.75) is 63.9 Å². The van der Waals surface area contributed by atoms with Crippen LogP contribution in [0.4, 0.5) is 5.82 Å². The Labute approximate surface area is 195 Å². The molecule has 164 valence electrons. The maximum Gasteiger partial charge on any atom is 0.257 e. The topological polar surface area (TPSA) is 74.8 Å². The molecule has 7 heteroatoms. The van der Waals surface area contributed by atoms with Crippen LogP contribution in [0.25, 0.3) is 0 Å². The number of nitrogens with one attached hydrogen (secondary N) is 2. The van der Waals surface area contributed by atoms with E-state index in [4.69, 9.17) is 4.98 Å². The highest BCUT2D eigenvalue weighted by atomic mass is 79.9. The number of allylic oxidation sites excluding steroid dienone is 2. The molecule has 5 nitrogen and oxygen atoms in total. The molecule has 1 aliphatic carbocycles. The van der Waals surface area contributed by atoms with Gasteiger partial charge in [0.05, 0.1) is 5.56 Å². The largest absolute Gasteiger partial charge is 0.343 e. The maximum absolute atomic E-state index is 13.3. The van der Waals surface area contributed by atoms with Crippen molar-refractivity contribution in [1.29, 1.82) is 0 Å². The molecule has 1 aromatic carbocycles. The second-order valence-corrected chi connectivity index (χ2v) is 11.1. The van der Waals surface area contributed by atoms with Crippen LogP contribution in [-0.2, 0) is 4.79 Å². The third-order valence-corrected chi connectivity index (χ3v) is 7.32. The number of hydrogen-bond donors (Lipinski definition) is 2. The molecule has 0 fully saturated rings. The molecule has 1 aliphatic heterocycles. The van der Waals surface area contributed by atoms with E-state index in [-0.39, 0.29) is 16.8 Å². The third kappa shape index (κ3) is 4.67. The Bertz CT molecular complexity index is 1110. The summed E-state index contributed by atoms with van der Waals surface area (Å²) >= 11 is 5.12. The Balaban J connectivity index is 1.82. The molecule has 0 saturated carbocycles. The minimum Gasteiger partial charge on any atom is -0.343 e. The Morgan fingerprint density at radius 2 is 2.03 bits per heavy atom. The fourth-order valence-electron chi connectivity index (χ4n) is 4.50. The van der Waals surface area contributed by atoms with Crippen LogP contribution in [0.15, 0.2) is 50.0 Å². The number of hydrogen-bond acceptors (Lipinski definition) is 5. The lowest BCUT2D eigenvalue weighted by atomic mass is 9.69. The zero-order valence-electron chi connectivity index (χ0n) is 18.2. The maximum atomic E-state index is 13.3. The number of Topliss-reactive ketones (excluding diaryl/α,β-unsaturated/α-hetero) is 1. The standard InChI is InChI=1S/C24H28BrN3O2S/c1-4-5-6-10-31-23-27-21-20(22(30)28-23)18(14-8-7-9-15(25)11-14)19-16(26-21)12-24(2,3)13-17(19)29/h7-9,11,18H,4-6,10,12-13H2,1-3H3,(H2,26,27,28,30). The van der Waals surface area contributed by atoms with E-state index in [0.29, 0.717) is 28.5 Å². The van der Waals surface area contributed by atoms with Crippen LogP contribution in [0, 0.1) is 5.41 Å². The first kappa shape index (κ1) is 22.3. The number of aromatic amines is 1. The molecule has 0 amide bonds. The molecule has 31 heavy (non-hydrogen) atoms. The number of halogens is 1. The third-order valence-electron chi connectivity index (χ3n) is 5.87. The van der Waals surface area contributed by atoms with Crippen LogP contribution >= 0.6 is 27.7 Å². The number of carbonyl (C=O) groups is 1. The lowest BCUT2D eigenvalue weighted by Gasteiger charge is -2.38. The highest BCUT2D eigenvalue weighted by molar-refractivity contribution is 9.10. The molecule has 2 aliphatic rings. The first-order valence-electron chi connectivity index (χ1n) is 10.8. The van der Waals surface area contributed by atoms with Crippen LogP contribution in [0.3, 0.4) is 0 Å². The Morgan fingerprint density at radius 3 is 2.77 bits per heavy atom. The van der Waals surface area contributed by atoms with Crippen LogP contribution in [-0.4, -0.2) is 21.5 Å². The van der Waals surface area contributed by atoms with Gasteiger partial charge in [0, 0.05) is 33.8 Å². The first-order valence-corrected chi connectivity index (χ1v) is 12.6. The van der Waals surface area contributed by atoms with E-state index in [9.17, 15) is 9.59 Å². The number of fused-ring (bicyclic) bond motifs is 1. The summed E-state index contributed by atoms with van der Waals surface area (Å²) in [6.07, 6.45) is 4.65. The number of H-pyrrole nitrogens is 1. The second kappa shape index (κ2) is 8.94. The van der Waals surface area contributed by atoms with Gasteiger partial charge < -0.3 is 10.3 Å². The number of ketones is 1. The van der Waals surface area contributed by atoms with Gasteiger partial charge in [-0.1, -0.05) is 73.4 Å². The van der Waals surface area contributed by atoms with Crippen molar-refractivity contribution in [3.63, 3.8) is 0 Å². The van der Waals surface area contributed by atoms with Gasteiger partial charge in [-0.2, -0.15) is 0 Å². The Kier molecular flexibility index (Phi) is 6.44. The van der Waals surface area contributed by atoms with Gasteiger partial charge in [0.1, 0.15) is 5.82 Å². The Hall–Kier alpha value is -1.86. The summed E-state index contributed by atoms with van der Waals surface area (Å²) in [7, 11) is 0. The molecule has 1 unspecified atom stereocenters. The normalized spacial score (nSPS) is 19.6. The van der Waals surface area contributed by atoms with Crippen LogP contribution in [0.5, 0.6) is 0 Å². The molecular formula is C24H28BrN3O2S. The zero-order valence-corrected chi connectivity index (χ0v) is 20.6. The van der Waals surface area contributed by atoms with Crippen LogP contribution < -0.4 is 10.9 Å². The van der Waals surface area contributed by atoms with E-state index in [2.05, 4.69) is 47.0 Å². The van der Waals surface area contributed by atoms with Crippen molar-refractivity contribution in [2.24, 2.45) is 5.41 Å². The molecule has 0 spiro atoms.